The average molecular weight is 985 g/mol. The second-order valence-electron chi connectivity index (χ2n) is 21.4. The number of esters is 1. The Morgan fingerprint density at radius 1 is 0.400 bits per heavy atom. The van der Waals surface area contributed by atoms with Crippen molar-refractivity contribution in [3.63, 3.8) is 0 Å². The van der Waals surface area contributed by atoms with Gasteiger partial charge >= 0.3 is 5.97 Å². The minimum absolute atomic E-state index is 0.000573. The first-order chi connectivity index (χ1) is 34.5. The molecule has 2 unspecified atom stereocenters. The predicted molar refractivity (Wildman–Crippen MR) is 306 cm³/mol. The molecule has 0 saturated heterocycles. The van der Waals surface area contributed by atoms with Crippen LogP contribution in [-0.2, 0) is 14.3 Å². The molecular weight excluding hydrogens is 863 g/mol. The van der Waals surface area contributed by atoms with E-state index in [-0.39, 0.29) is 18.5 Å². The van der Waals surface area contributed by atoms with Gasteiger partial charge in [-0.2, -0.15) is 0 Å². The Hall–Kier alpha value is -1.92. The third-order valence-electron chi connectivity index (χ3n) is 14.4. The van der Waals surface area contributed by atoms with Gasteiger partial charge in [-0.3, -0.25) is 9.59 Å². The summed E-state index contributed by atoms with van der Waals surface area (Å²) in [6.45, 7) is 4.93. The first kappa shape index (κ1) is 68.1. The summed E-state index contributed by atoms with van der Waals surface area (Å²) in [4.78, 5) is 24.5. The number of ether oxygens (including phenoxy) is 1. The molecular formula is C64H121NO5. The van der Waals surface area contributed by atoms with Crippen molar-refractivity contribution in [2.24, 2.45) is 0 Å². The highest BCUT2D eigenvalue weighted by Crippen LogP contribution is 2.17. The van der Waals surface area contributed by atoms with Gasteiger partial charge in [-0.05, 0) is 83.5 Å². The molecule has 0 spiro atoms. The predicted octanol–water partition coefficient (Wildman–Crippen LogP) is 19.6. The number of aliphatic hydroxyl groups is 2. The van der Waals surface area contributed by atoms with E-state index >= 15 is 0 Å². The number of hydrogen-bond acceptors (Lipinski definition) is 5. The molecule has 0 fully saturated rings. The molecule has 0 aliphatic carbocycles. The number of aliphatic hydroxyl groups excluding tert-OH is 2. The summed E-state index contributed by atoms with van der Waals surface area (Å²) in [5.74, 6) is -0.0381. The normalized spacial score (nSPS) is 12.8. The lowest BCUT2D eigenvalue weighted by molar-refractivity contribution is -0.143. The second-order valence-corrected chi connectivity index (χ2v) is 21.4. The number of hydrogen-bond donors (Lipinski definition) is 3. The summed E-state index contributed by atoms with van der Waals surface area (Å²) in [5, 5.41) is 23.2. The molecule has 0 aliphatic rings. The average Bonchev–Trinajstić information content (AvgIpc) is 3.36. The Kier molecular flexibility index (Phi) is 58.0. The van der Waals surface area contributed by atoms with E-state index in [4.69, 9.17) is 4.74 Å². The molecule has 1 amide bonds. The van der Waals surface area contributed by atoms with Gasteiger partial charge in [0.15, 0.2) is 0 Å². The van der Waals surface area contributed by atoms with Crippen LogP contribution in [0, 0.1) is 0 Å². The van der Waals surface area contributed by atoms with Crippen LogP contribution in [0.4, 0.5) is 0 Å². The summed E-state index contributed by atoms with van der Waals surface area (Å²) in [7, 11) is 0. The molecule has 6 nitrogen and oxygen atoms in total. The fourth-order valence-electron chi connectivity index (χ4n) is 9.61. The van der Waals surface area contributed by atoms with E-state index in [1.807, 2.05) is 0 Å². The SMILES string of the molecule is CCCCC/C=C\C/C=C\CCCCCCCC(=O)OCCCCCCCCCCCCCC/C=C\CCCCCCCCCCCC(=O)NC(CO)C(O)CCCCCCCCCCCCCCC. The van der Waals surface area contributed by atoms with Crippen LogP contribution < -0.4 is 5.32 Å². The smallest absolute Gasteiger partial charge is 0.305 e. The molecule has 0 aliphatic heterocycles. The molecule has 0 rings (SSSR count). The van der Waals surface area contributed by atoms with Gasteiger partial charge in [0.1, 0.15) is 0 Å². The first-order valence-electron chi connectivity index (χ1n) is 31.2. The monoisotopic (exact) mass is 984 g/mol. The van der Waals surface area contributed by atoms with E-state index in [9.17, 15) is 19.8 Å². The molecule has 0 aromatic carbocycles. The minimum atomic E-state index is -0.666. The van der Waals surface area contributed by atoms with Crippen molar-refractivity contribution in [2.45, 2.75) is 347 Å². The molecule has 2 atom stereocenters. The van der Waals surface area contributed by atoms with Crippen molar-refractivity contribution in [3.8, 4) is 0 Å². The maximum atomic E-state index is 12.5. The van der Waals surface area contributed by atoms with Gasteiger partial charge in [0.25, 0.3) is 0 Å². The third-order valence-corrected chi connectivity index (χ3v) is 14.4. The van der Waals surface area contributed by atoms with E-state index in [1.54, 1.807) is 0 Å². The number of allylic oxidation sites excluding steroid dienone is 6. The van der Waals surface area contributed by atoms with Crippen LogP contribution in [0.5, 0.6) is 0 Å². The van der Waals surface area contributed by atoms with Crippen molar-refractivity contribution >= 4 is 11.9 Å². The maximum Gasteiger partial charge on any atom is 0.305 e. The molecule has 0 aromatic rings. The molecule has 0 bridgehead atoms. The number of carbonyl (C=O) groups is 2. The Balaban J connectivity index is 3.39. The molecule has 412 valence electrons. The van der Waals surface area contributed by atoms with Crippen LogP contribution >= 0.6 is 0 Å². The number of carbonyl (C=O) groups excluding carboxylic acids is 2. The molecule has 3 N–H and O–H groups in total. The standard InChI is InChI=1S/C64H121NO5/c1-3-5-7-9-11-13-15-17-29-34-38-42-46-50-54-58-64(69)70-59-55-51-47-43-39-35-31-28-26-24-22-20-18-19-21-23-25-27-30-33-37-41-45-49-53-57-63(68)65-61(60-66)62(67)56-52-48-44-40-36-32-16-14-12-10-8-6-4-2/h11,13,17,19,21,29,61-62,66-67H,3-10,12,14-16,18,20,22-28,30-60H2,1-2H3,(H,65,68)/b13-11-,21-19-,29-17-. The van der Waals surface area contributed by atoms with Crippen LogP contribution in [0.2, 0.25) is 0 Å². The van der Waals surface area contributed by atoms with Crippen LogP contribution in [0.25, 0.3) is 0 Å². The number of unbranched alkanes of at least 4 members (excludes halogenated alkanes) is 41. The number of amides is 1. The van der Waals surface area contributed by atoms with Crippen molar-refractivity contribution in [2.75, 3.05) is 13.2 Å². The van der Waals surface area contributed by atoms with Crippen LogP contribution in [-0.4, -0.2) is 47.4 Å². The summed E-state index contributed by atoms with van der Waals surface area (Å²) in [5.41, 5.74) is 0. The molecule has 0 saturated carbocycles. The molecule has 6 heteroatoms. The van der Waals surface area contributed by atoms with E-state index < -0.39 is 12.1 Å². The quantitative estimate of drug-likeness (QED) is 0.0321. The highest BCUT2D eigenvalue weighted by molar-refractivity contribution is 5.76. The minimum Gasteiger partial charge on any atom is -0.466 e. The summed E-state index contributed by atoms with van der Waals surface area (Å²) >= 11 is 0. The zero-order valence-electron chi connectivity index (χ0n) is 47.0. The lowest BCUT2D eigenvalue weighted by atomic mass is 10.0. The van der Waals surface area contributed by atoms with E-state index in [0.29, 0.717) is 25.9 Å². The van der Waals surface area contributed by atoms with Gasteiger partial charge in [0.2, 0.25) is 5.91 Å². The zero-order valence-corrected chi connectivity index (χ0v) is 47.0. The van der Waals surface area contributed by atoms with Crippen LogP contribution in [0.3, 0.4) is 0 Å². The van der Waals surface area contributed by atoms with E-state index in [1.165, 1.54) is 250 Å². The molecule has 0 radical (unpaired) electrons. The highest BCUT2D eigenvalue weighted by Gasteiger charge is 2.20. The van der Waals surface area contributed by atoms with Gasteiger partial charge in [-0.15, -0.1) is 0 Å². The molecule has 0 heterocycles. The van der Waals surface area contributed by atoms with E-state index in [0.717, 1.165) is 51.4 Å². The van der Waals surface area contributed by atoms with Gasteiger partial charge in [-0.25, -0.2) is 0 Å². The first-order valence-corrected chi connectivity index (χ1v) is 31.2. The van der Waals surface area contributed by atoms with E-state index in [2.05, 4.69) is 55.6 Å². The third kappa shape index (κ3) is 55.4. The van der Waals surface area contributed by atoms with Gasteiger partial charge in [-0.1, -0.05) is 275 Å². The van der Waals surface area contributed by atoms with Crippen molar-refractivity contribution in [1.82, 2.24) is 5.32 Å². The van der Waals surface area contributed by atoms with Gasteiger partial charge < -0.3 is 20.3 Å². The fourth-order valence-corrected chi connectivity index (χ4v) is 9.61. The topological polar surface area (TPSA) is 95.9 Å². The Bertz CT molecular complexity index is 1130. The van der Waals surface area contributed by atoms with Gasteiger partial charge in [0.05, 0.1) is 25.4 Å². The summed E-state index contributed by atoms with van der Waals surface area (Å²) < 4.78 is 5.48. The molecule has 70 heavy (non-hydrogen) atoms. The highest BCUT2D eigenvalue weighted by atomic mass is 16.5. The molecule has 0 aromatic heterocycles. The lowest BCUT2D eigenvalue weighted by Crippen LogP contribution is -2.45. The second kappa shape index (κ2) is 59.6. The van der Waals surface area contributed by atoms with Crippen molar-refractivity contribution < 1.29 is 24.5 Å². The van der Waals surface area contributed by atoms with Crippen LogP contribution in [0.1, 0.15) is 335 Å². The largest absolute Gasteiger partial charge is 0.466 e. The Labute approximate surface area is 436 Å². The number of nitrogens with one attached hydrogen (secondary N) is 1. The van der Waals surface area contributed by atoms with Gasteiger partial charge in [0, 0.05) is 12.8 Å². The Morgan fingerprint density at radius 3 is 1.13 bits per heavy atom. The fraction of sp³-hybridized carbons (Fsp3) is 0.875. The number of rotatable bonds is 58. The van der Waals surface area contributed by atoms with Crippen LogP contribution in [0.15, 0.2) is 36.5 Å². The summed E-state index contributed by atoms with van der Waals surface area (Å²) in [6, 6.07) is -0.543. The zero-order chi connectivity index (χ0) is 50.7. The van der Waals surface area contributed by atoms with Crippen molar-refractivity contribution in [3.05, 3.63) is 36.5 Å². The summed E-state index contributed by atoms with van der Waals surface area (Å²) in [6.07, 6.45) is 74.4. The van der Waals surface area contributed by atoms with Crippen molar-refractivity contribution in [1.29, 1.82) is 0 Å². The lowest BCUT2D eigenvalue weighted by Gasteiger charge is -2.22. The maximum absolute atomic E-state index is 12.5. The Morgan fingerprint density at radius 2 is 0.714 bits per heavy atom.